The van der Waals surface area contributed by atoms with Crippen LogP contribution in [0.1, 0.15) is 45.9 Å². The molecule has 26 heavy (non-hydrogen) atoms. The molecule has 0 bridgehead atoms. The van der Waals surface area contributed by atoms with Gasteiger partial charge in [0.1, 0.15) is 5.82 Å². The number of hydrogen-bond donors (Lipinski definition) is 2. The molecule has 7 nitrogen and oxygen atoms in total. The number of nitrogens with one attached hydrogen (secondary N) is 2. The molecule has 1 fully saturated rings. The van der Waals surface area contributed by atoms with Gasteiger partial charge in [0.15, 0.2) is 5.96 Å². The van der Waals surface area contributed by atoms with Crippen LogP contribution < -0.4 is 10.6 Å². The number of rotatable bonds is 8. The first-order chi connectivity index (χ1) is 12.5. The zero-order valence-electron chi connectivity index (χ0n) is 16.7. The van der Waals surface area contributed by atoms with Crippen molar-refractivity contribution in [1.29, 1.82) is 0 Å². The maximum absolute atomic E-state index is 12.1. The van der Waals surface area contributed by atoms with E-state index in [1.165, 1.54) is 0 Å². The smallest absolute Gasteiger partial charge is 0.225 e. The van der Waals surface area contributed by atoms with Gasteiger partial charge in [-0.25, -0.2) is 4.98 Å². The summed E-state index contributed by atoms with van der Waals surface area (Å²) in [6, 6.07) is 0.282. The molecule has 2 rings (SSSR count). The second-order valence-electron chi connectivity index (χ2n) is 7.20. The number of carbonyl (C=O) groups excluding carboxylic acids is 1. The topological polar surface area (TPSA) is 74.6 Å². The van der Waals surface area contributed by atoms with Gasteiger partial charge in [0.05, 0.1) is 0 Å². The summed E-state index contributed by atoms with van der Waals surface area (Å²) in [7, 11) is 0. The first-order valence-electron chi connectivity index (χ1n) is 9.82. The van der Waals surface area contributed by atoms with E-state index in [0.29, 0.717) is 0 Å². The molecule has 0 aliphatic carbocycles. The van der Waals surface area contributed by atoms with Crippen molar-refractivity contribution in [2.24, 2.45) is 10.9 Å². The minimum Gasteiger partial charge on any atom is -0.357 e. The molecule has 1 aliphatic rings. The number of aliphatic imine (C=N–C) groups is 1. The quantitative estimate of drug-likeness (QED) is 0.420. The molecule has 7 heteroatoms. The highest BCUT2D eigenvalue weighted by Gasteiger charge is 2.27. The van der Waals surface area contributed by atoms with E-state index in [2.05, 4.69) is 32.1 Å². The highest BCUT2D eigenvalue weighted by Crippen LogP contribution is 2.12. The molecule has 0 radical (unpaired) electrons. The fourth-order valence-corrected chi connectivity index (χ4v) is 3.18. The number of unbranched alkanes of at least 4 members (excludes halogenated alkanes) is 1. The molecular formula is C19H34N6O. The van der Waals surface area contributed by atoms with Crippen LogP contribution in [0.2, 0.25) is 0 Å². The Morgan fingerprint density at radius 2 is 2.23 bits per heavy atom. The number of guanidine groups is 1. The van der Waals surface area contributed by atoms with E-state index in [1.54, 1.807) is 0 Å². The van der Waals surface area contributed by atoms with Crippen LogP contribution in [0.4, 0.5) is 0 Å². The Kier molecular flexibility index (Phi) is 7.94. The van der Waals surface area contributed by atoms with Crippen LogP contribution in [0.3, 0.4) is 0 Å². The number of aryl methyl sites for hydroxylation is 2. The normalized spacial score (nSPS) is 17.8. The van der Waals surface area contributed by atoms with E-state index in [9.17, 15) is 4.79 Å². The number of likely N-dealkylation sites (tertiary alicyclic amines) is 1. The predicted molar refractivity (Wildman–Crippen MR) is 105 cm³/mol. The maximum atomic E-state index is 12.1. The second kappa shape index (κ2) is 10.2. The van der Waals surface area contributed by atoms with Gasteiger partial charge >= 0.3 is 0 Å². The number of amides is 1. The predicted octanol–water partition coefficient (Wildman–Crippen LogP) is 1.78. The van der Waals surface area contributed by atoms with Crippen molar-refractivity contribution in [1.82, 2.24) is 25.1 Å². The molecule has 0 spiro atoms. The SMILES string of the molecule is CCNC(=NCCCCn1ccnc1C)NC1CCN(C(=O)C(C)C)C1. The van der Waals surface area contributed by atoms with Gasteiger partial charge in [0.25, 0.3) is 0 Å². The van der Waals surface area contributed by atoms with E-state index in [0.717, 1.165) is 63.8 Å². The zero-order chi connectivity index (χ0) is 18.9. The standard InChI is InChI=1S/C19H34N6O/c1-5-20-19(22-9-6-7-11-24-13-10-21-16(24)4)23-17-8-12-25(14-17)18(26)15(2)3/h10,13,15,17H,5-9,11-12,14H2,1-4H3,(H2,20,22,23). The largest absolute Gasteiger partial charge is 0.357 e. The van der Waals surface area contributed by atoms with Gasteiger partial charge < -0.3 is 20.1 Å². The van der Waals surface area contributed by atoms with Gasteiger partial charge in [-0.05, 0) is 33.1 Å². The first kappa shape index (κ1) is 20.3. The third kappa shape index (κ3) is 6.04. The lowest BCUT2D eigenvalue weighted by atomic mass is 10.2. The van der Waals surface area contributed by atoms with Crippen molar-refractivity contribution in [3.8, 4) is 0 Å². The highest BCUT2D eigenvalue weighted by molar-refractivity contribution is 5.81. The number of nitrogens with zero attached hydrogens (tertiary/aromatic N) is 4. The van der Waals surface area contributed by atoms with Crippen molar-refractivity contribution >= 4 is 11.9 Å². The van der Waals surface area contributed by atoms with Crippen molar-refractivity contribution in [2.75, 3.05) is 26.2 Å². The molecule has 1 aliphatic heterocycles. The molecule has 2 N–H and O–H groups in total. The molecule has 2 heterocycles. The summed E-state index contributed by atoms with van der Waals surface area (Å²) in [6.45, 7) is 12.2. The molecule has 1 aromatic rings. The summed E-state index contributed by atoms with van der Waals surface area (Å²) in [5.41, 5.74) is 0. The molecule has 0 saturated carbocycles. The van der Waals surface area contributed by atoms with E-state index in [-0.39, 0.29) is 17.9 Å². The Bertz CT molecular complexity index is 595. The summed E-state index contributed by atoms with van der Waals surface area (Å²) in [4.78, 5) is 23.0. The van der Waals surface area contributed by atoms with Crippen molar-refractivity contribution in [3.63, 3.8) is 0 Å². The van der Waals surface area contributed by atoms with E-state index < -0.39 is 0 Å². The number of hydrogen-bond acceptors (Lipinski definition) is 3. The van der Waals surface area contributed by atoms with Crippen molar-refractivity contribution < 1.29 is 4.79 Å². The molecule has 1 atom stereocenters. The van der Waals surface area contributed by atoms with Gasteiger partial charge in [-0.3, -0.25) is 9.79 Å². The van der Waals surface area contributed by atoms with Gasteiger partial charge in [0, 0.05) is 57.1 Å². The van der Waals surface area contributed by atoms with E-state index >= 15 is 0 Å². The second-order valence-corrected chi connectivity index (χ2v) is 7.20. The monoisotopic (exact) mass is 362 g/mol. The molecule has 146 valence electrons. The third-order valence-corrected chi connectivity index (χ3v) is 4.68. The Labute approximate surface area is 157 Å². The minimum atomic E-state index is 0.0646. The fraction of sp³-hybridized carbons (Fsp3) is 0.737. The van der Waals surface area contributed by atoms with E-state index in [1.807, 2.05) is 38.1 Å². The van der Waals surface area contributed by atoms with Crippen LogP contribution in [-0.2, 0) is 11.3 Å². The molecule has 1 amide bonds. The first-order valence-corrected chi connectivity index (χ1v) is 9.82. The summed E-state index contributed by atoms with van der Waals surface area (Å²) in [6.07, 6.45) is 6.96. The Morgan fingerprint density at radius 1 is 1.42 bits per heavy atom. The number of aromatic nitrogens is 2. The number of imidazole rings is 1. The van der Waals surface area contributed by atoms with Crippen LogP contribution >= 0.6 is 0 Å². The van der Waals surface area contributed by atoms with E-state index in [4.69, 9.17) is 0 Å². The summed E-state index contributed by atoms with van der Waals surface area (Å²) >= 11 is 0. The van der Waals surface area contributed by atoms with Crippen LogP contribution in [0.15, 0.2) is 17.4 Å². The minimum absolute atomic E-state index is 0.0646. The average molecular weight is 363 g/mol. The lowest BCUT2D eigenvalue weighted by Crippen LogP contribution is -2.45. The molecule has 1 unspecified atom stereocenters. The zero-order valence-corrected chi connectivity index (χ0v) is 16.7. The summed E-state index contributed by atoms with van der Waals surface area (Å²) < 4.78 is 2.17. The van der Waals surface area contributed by atoms with Gasteiger partial charge in [0.2, 0.25) is 5.91 Å². The lowest BCUT2D eigenvalue weighted by molar-refractivity contribution is -0.133. The van der Waals surface area contributed by atoms with Crippen molar-refractivity contribution in [2.45, 2.75) is 59.5 Å². The summed E-state index contributed by atoms with van der Waals surface area (Å²) in [5, 5.41) is 6.79. The Morgan fingerprint density at radius 3 is 2.88 bits per heavy atom. The molecular weight excluding hydrogens is 328 g/mol. The highest BCUT2D eigenvalue weighted by atomic mass is 16.2. The molecule has 1 saturated heterocycles. The van der Waals surface area contributed by atoms with Crippen LogP contribution in [0.25, 0.3) is 0 Å². The third-order valence-electron chi connectivity index (χ3n) is 4.68. The maximum Gasteiger partial charge on any atom is 0.225 e. The lowest BCUT2D eigenvalue weighted by Gasteiger charge is -2.20. The number of carbonyl (C=O) groups is 1. The molecule has 0 aromatic carbocycles. The summed E-state index contributed by atoms with van der Waals surface area (Å²) in [5.74, 6) is 2.22. The molecule has 1 aromatic heterocycles. The average Bonchev–Trinajstić information content (AvgIpc) is 3.23. The van der Waals surface area contributed by atoms with Crippen molar-refractivity contribution in [3.05, 3.63) is 18.2 Å². The fourth-order valence-electron chi connectivity index (χ4n) is 3.18. The Hall–Kier alpha value is -2.05. The van der Waals surface area contributed by atoms with Gasteiger partial charge in [-0.15, -0.1) is 0 Å². The van der Waals surface area contributed by atoms with Gasteiger partial charge in [-0.1, -0.05) is 13.8 Å². The van der Waals surface area contributed by atoms with Crippen LogP contribution in [0, 0.1) is 12.8 Å². The Balaban J connectivity index is 1.74. The van der Waals surface area contributed by atoms with Crippen LogP contribution in [0.5, 0.6) is 0 Å². The van der Waals surface area contributed by atoms with Gasteiger partial charge in [-0.2, -0.15) is 0 Å². The van der Waals surface area contributed by atoms with Crippen LogP contribution in [-0.4, -0.2) is 58.5 Å².